The first kappa shape index (κ1) is 39.9. The molecule has 0 aromatic heterocycles. The number of rotatable bonds is 3. The quantitative estimate of drug-likeness (QED) is 0.111. The predicted molar refractivity (Wildman–Crippen MR) is 189 cm³/mol. The van der Waals surface area contributed by atoms with Gasteiger partial charge in [0.15, 0.2) is 12.0 Å². The topological polar surface area (TPSA) is 218 Å². The molecule has 5 bridgehead atoms. The van der Waals surface area contributed by atoms with E-state index in [1.54, 1.807) is 33.8 Å². The number of aliphatic hydroxyl groups is 2. The van der Waals surface area contributed by atoms with E-state index in [2.05, 4.69) is 5.32 Å². The monoisotopic (exact) mass is 725 g/mol. The fourth-order valence-corrected chi connectivity index (χ4v) is 6.86. The van der Waals surface area contributed by atoms with Gasteiger partial charge in [0.25, 0.3) is 11.7 Å². The summed E-state index contributed by atoms with van der Waals surface area (Å²) in [5.41, 5.74) is -1.27. The summed E-state index contributed by atoms with van der Waals surface area (Å²) < 4.78 is 23.1. The second-order valence-electron chi connectivity index (χ2n) is 13.7. The van der Waals surface area contributed by atoms with Crippen molar-refractivity contribution in [1.29, 1.82) is 0 Å². The Kier molecular flexibility index (Phi) is 11.8. The van der Waals surface area contributed by atoms with Crippen molar-refractivity contribution in [2.45, 2.75) is 85.6 Å². The Hall–Kier alpha value is -4.92. The first-order valence-corrected chi connectivity index (χ1v) is 16.9. The van der Waals surface area contributed by atoms with Crippen LogP contribution in [0.3, 0.4) is 0 Å². The molecule has 0 spiro atoms. The van der Waals surface area contributed by atoms with Gasteiger partial charge < -0.3 is 49.8 Å². The van der Waals surface area contributed by atoms with Gasteiger partial charge in [0, 0.05) is 61.2 Å². The lowest BCUT2D eigenvalue weighted by atomic mass is 9.78. The van der Waals surface area contributed by atoms with Crippen LogP contribution in [0.1, 0.15) is 74.7 Å². The molecule has 0 saturated heterocycles. The van der Waals surface area contributed by atoms with Gasteiger partial charge in [-0.05, 0) is 19.9 Å². The molecule has 282 valence electrons. The molecule has 2 aromatic rings. The van der Waals surface area contributed by atoms with E-state index in [1.165, 1.54) is 53.0 Å². The summed E-state index contributed by atoms with van der Waals surface area (Å²) in [6, 6.07) is 0. The van der Waals surface area contributed by atoms with Gasteiger partial charge in [-0.3, -0.25) is 19.2 Å². The molecule has 3 aliphatic heterocycles. The third-order valence-electron chi connectivity index (χ3n) is 10.2. The molecule has 0 fully saturated rings. The van der Waals surface area contributed by atoms with Crippen LogP contribution in [0.5, 0.6) is 23.0 Å². The minimum absolute atomic E-state index is 0.00425. The van der Waals surface area contributed by atoms with Crippen molar-refractivity contribution in [2.75, 3.05) is 12.4 Å². The van der Waals surface area contributed by atoms with E-state index in [-0.39, 0.29) is 28.7 Å². The lowest BCUT2D eigenvalue weighted by Gasteiger charge is -2.38. The van der Waals surface area contributed by atoms with Gasteiger partial charge in [0.2, 0.25) is 0 Å². The van der Waals surface area contributed by atoms with Crippen molar-refractivity contribution in [2.24, 2.45) is 23.7 Å². The second kappa shape index (κ2) is 15.4. The predicted octanol–water partition coefficient (Wildman–Crippen LogP) is 4.57. The highest BCUT2D eigenvalue weighted by Gasteiger charge is 2.50. The van der Waals surface area contributed by atoms with Crippen LogP contribution in [-0.2, 0) is 23.8 Å². The number of allylic oxidation sites excluding steroid dienone is 2. The number of aliphatic hydroxyl groups excluding tert-OH is 2. The zero-order valence-corrected chi connectivity index (χ0v) is 30.6. The van der Waals surface area contributed by atoms with Crippen molar-refractivity contribution >= 4 is 40.4 Å². The molecule has 14 nitrogen and oxygen atoms in total. The lowest BCUT2D eigenvalue weighted by Crippen LogP contribution is -2.46. The summed E-state index contributed by atoms with van der Waals surface area (Å²) in [4.78, 5) is 51.8. The maximum Gasteiger partial charge on any atom is 0.312 e. The maximum absolute atomic E-state index is 14.0. The van der Waals surface area contributed by atoms with Crippen LogP contribution in [0.2, 0.25) is 0 Å². The van der Waals surface area contributed by atoms with Gasteiger partial charge in [-0.1, -0.05) is 45.9 Å². The third-order valence-corrected chi connectivity index (χ3v) is 10.2. The standard InChI is InChI=1S/C38H47NO13/c1-16-11-10-12-17(2)37(48)39-28-23(15-40)32(45)25-26(33(28)46)31(44)21(6)35-27(25)36(47)38(8,52-35)50-14-13-24(49-9)18(3)34(51-22(7)41)20(5)30(43)19(4)29(16)42/h10-16,18-20,24,29-30,34,42-46H,1-9H3,(H,39,48)/b11-10+,14-13+,17-12-/t16-,18+,19+,20+,24-,29-,30+,34?,38-/m0/s1. The Morgan fingerprint density at radius 2 is 1.60 bits per heavy atom. The number of Topliss-reactive ketones (excluding diaryl/α,β-unsaturated/α-hetero) is 1. The SMILES string of the molecule is CO[C@H]1/C=C/O[C@@]2(C)Oc3c(C)c(O)c4c(O)c(c(C=O)c(O)c4c3C2=O)NC(=O)/C(C)=C\C=C\[C@H](C)[C@H](O)[C@@H](C)[C@@H](O)[C@@H](C)C(OC(C)=O)[C@@H]1C. The van der Waals surface area contributed by atoms with Gasteiger partial charge in [-0.15, -0.1) is 0 Å². The Bertz CT molecular complexity index is 1860. The first-order chi connectivity index (χ1) is 24.3. The number of carbonyl (C=O) groups excluding carboxylic acids is 4. The van der Waals surface area contributed by atoms with Crippen molar-refractivity contribution < 1.29 is 63.7 Å². The third kappa shape index (κ3) is 7.10. The van der Waals surface area contributed by atoms with Crippen LogP contribution < -0.4 is 10.1 Å². The molecule has 3 heterocycles. The molecular formula is C38H47NO13. The smallest absolute Gasteiger partial charge is 0.312 e. The average Bonchev–Trinajstić information content (AvgIpc) is 3.36. The van der Waals surface area contributed by atoms with E-state index in [0.717, 1.165) is 6.26 Å². The van der Waals surface area contributed by atoms with Crippen molar-refractivity contribution in [3.63, 3.8) is 0 Å². The molecule has 1 unspecified atom stereocenters. The lowest BCUT2D eigenvalue weighted by molar-refractivity contribution is -0.160. The zero-order valence-electron chi connectivity index (χ0n) is 30.6. The van der Waals surface area contributed by atoms with Gasteiger partial charge in [-0.2, -0.15) is 0 Å². The fraction of sp³-hybridized carbons (Fsp3) is 0.474. The molecule has 2 aromatic carbocycles. The Labute approximate surface area is 301 Å². The van der Waals surface area contributed by atoms with Crippen LogP contribution in [0.15, 0.2) is 36.1 Å². The minimum atomic E-state index is -2.08. The Morgan fingerprint density at radius 3 is 2.19 bits per heavy atom. The summed E-state index contributed by atoms with van der Waals surface area (Å²) in [7, 11) is 1.41. The molecule has 0 aliphatic carbocycles. The highest BCUT2D eigenvalue weighted by atomic mass is 16.7. The maximum atomic E-state index is 14.0. The number of fused-ring (bicyclic) bond motifs is 14. The number of aromatic hydroxyl groups is 3. The number of anilines is 1. The summed E-state index contributed by atoms with van der Waals surface area (Å²) in [6.07, 6.45) is 3.41. The number of hydrogen-bond acceptors (Lipinski definition) is 13. The number of ether oxygens (including phenoxy) is 4. The number of carbonyl (C=O) groups is 4. The Morgan fingerprint density at radius 1 is 0.942 bits per heavy atom. The van der Waals surface area contributed by atoms with E-state index in [9.17, 15) is 44.7 Å². The number of aldehydes is 1. The number of benzene rings is 2. The molecule has 5 rings (SSSR count). The molecule has 0 saturated carbocycles. The van der Waals surface area contributed by atoms with Crippen LogP contribution in [-0.4, -0.2) is 86.8 Å². The number of methoxy groups -OCH3 is 1. The van der Waals surface area contributed by atoms with Gasteiger partial charge in [-0.25, -0.2) is 0 Å². The molecular weight excluding hydrogens is 678 g/mol. The van der Waals surface area contributed by atoms with E-state index < -0.39 is 111 Å². The van der Waals surface area contributed by atoms with Crippen LogP contribution >= 0.6 is 0 Å². The van der Waals surface area contributed by atoms with Gasteiger partial charge in [0.1, 0.15) is 23.4 Å². The fourth-order valence-electron chi connectivity index (χ4n) is 6.86. The number of esters is 1. The number of phenols is 3. The molecule has 1 amide bonds. The highest BCUT2D eigenvalue weighted by molar-refractivity contribution is 6.23. The molecule has 6 N–H and O–H groups in total. The summed E-state index contributed by atoms with van der Waals surface area (Å²) in [5, 5.41) is 58.2. The number of amides is 1. The molecule has 0 radical (unpaired) electrons. The zero-order chi connectivity index (χ0) is 39.0. The number of ketones is 1. The average molecular weight is 726 g/mol. The van der Waals surface area contributed by atoms with Crippen molar-refractivity contribution in [1.82, 2.24) is 0 Å². The second-order valence-corrected chi connectivity index (χ2v) is 13.7. The van der Waals surface area contributed by atoms with E-state index in [0.29, 0.717) is 0 Å². The molecule has 52 heavy (non-hydrogen) atoms. The summed E-state index contributed by atoms with van der Waals surface area (Å²) >= 11 is 0. The van der Waals surface area contributed by atoms with Crippen LogP contribution in [0.4, 0.5) is 5.69 Å². The van der Waals surface area contributed by atoms with Crippen LogP contribution in [0, 0.1) is 30.6 Å². The molecule has 14 heteroatoms. The van der Waals surface area contributed by atoms with Crippen molar-refractivity contribution in [3.8, 4) is 23.0 Å². The molecule has 3 aliphatic rings. The number of phenolic OH excluding ortho intramolecular Hbond substituents is 3. The number of nitrogens with one attached hydrogen (secondary N) is 1. The van der Waals surface area contributed by atoms with E-state index in [1.807, 2.05) is 0 Å². The molecule has 9 atom stereocenters. The first-order valence-electron chi connectivity index (χ1n) is 16.9. The van der Waals surface area contributed by atoms with Gasteiger partial charge >= 0.3 is 11.8 Å². The largest absolute Gasteiger partial charge is 0.507 e. The highest BCUT2D eigenvalue weighted by Crippen LogP contribution is 2.55. The van der Waals surface area contributed by atoms with Gasteiger partial charge in [0.05, 0.1) is 46.8 Å². The van der Waals surface area contributed by atoms with E-state index >= 15 is 0 Å². The summed E-state index contributed by atoms with van der Waals surface area (Å²) in [5.74, 6) is -9.19. The van der Waals surface area contributed by atoms with E-state index in [4.69, 9.17) is 18.9 Å². The normalized spacial score (nSPS) is 32.3. The Balaban J connectivity index is 1.93. The van der Waals surface area contributed by atoms with Crippen LogP contribution in [0.25, 0.3) is 10.8 Å². The van der Waals surface area contributed by atoms with Crippen molar-refractivity contribution in [3.05, 3.63) is 52.8 Å². The minimum Gasteiger partial charge on any atom is -0.507 e. The summed E-state index contributed by atoms with van der Waals surface area (Å²) in [6.45, 7) is 12.2. The number of hydrogen-bond donors (Lipinski definition) is 6.